The van der Waals surface area contributed by atoms with Gasteiger partial charge >= 0.3 is 0 Å². The van der Waals surface area contributed by atoms with Crippen molar-refractivity contribution < 1.29 is 23.7 Å². The van der Waals surface area contributed by atoms with Crippen molar-refractivity contribution in [2.24, 2.45) is 5.92 Å². The average molecular weight is 385 g/mol. The molecular formula is C22H27NO5. The van der Waals surface area contributed by atoms with Gasteiger partial charge in [-0.05, 0) is 12.0 Å². The van der Waals surface area contributed by atoms with Crippen molar-refractivity contribution in [3.8, 4) is 23.0 Å². The molecular weight excluding hydrogens is 358 g/mol. The number of fused-ring (bicyclic) bond motifs is 1. The second-order valence-electron chi connectivity index (χ2n) is 7.15. The Morgan fingerprint density at radius 2 is 1.75 bits per heavy atom. The molecule has 0 saturated carbocycles. The van der Waals surface area contributed by atoms with E-state index >= 15 is 0 Å². The van der Waals surface area contributed by atoms with Gasteiger partial charge in [-0.2, -0.15) is 0 Å². The fourth-order valence-electron chi connectivity index (χ4n) is 3.54. The number of hydrogen-bond donors (Lipinski definition) is 1. The molecule has 150 valence electrons. The first kappa shape index (κ1) is 19.9. The quantitative estimate of drug-likeness (QED) is 0.773. The summed E-state index contributed by atoms with van der Waals surface area (Å²) in [4.78, 5) is 12.5. The predicted molar refractivity (Wildman–Crippen MR) is 108 cm³/mol. The molecule has 28 heavy (non-hydrogen) atoms. The molecule has 1 N–H and O–H groups in total. The van der Waals surface area contributed by atoms with Gasteiger partial charge in [0.1, 0.15) is 5.75 Å². The molecule has 6 nitrogen and oxygen atoms in total. The van der Waals surface area contributed by atoms with Crippen LogP contribution in [0.15, 0.2) is 30.3 Å². The van der Waals surface area contributed by atoms with E-state index in [-0.39, 0.29) is 11.8 Å². The van der Waals surface area contributed by atoms with Gasteiger partial charge in [0.15, 0.2) is 11.5 Å². The Bertz CT molecular complexity index is 862. The Labute approximate surface area is 165 Å². The van der Waals surface area contributed by atoms with E-state index in [2.05, 4.69) is 19.2 Å². The normalized spacial score (nSPS) is 15.6. The highest BCUT2D eigenvalue weighted by Gasteiger charge is 2.34. The van der Waals surface area contributed by atoms with Gasteiger partial charge in [-0.15, -0.1) is 0 Å². The van der Waals surface area contributed by atoms with Crippen molar-refractivity contribution in [1.82, 2.24) is 0 Å². The molecule has 0 bridgehead atoms. The molecule has 0 aromatic heterocycles. The molecule has 2 aromatic rings. The molecule has 1 atom stereocenters. The van der Waals surface area contributed by atoms with Crippen LogP contribution in [0.1, 0.15) is 37.3 Å². The zero-order valence-electron chi connectivity index (χ0n) is 17.0. The summed E-state index contributed by atoms with van der Waals surface area (Å²) in [6.45, 7) is 4.81. The van der Waals surface area contributed by atoms with Crippen LogP contribution in [0.5, 0.6) is 23.0 Å². The lowest BCUT2D eigenvalue weighted by Crippen LogP contribution is -2.25. The Hall–Kier alpha value is -2.89. The van der Waals surface area contributed by atoms with Gasteiger partial charge in [-0.25, -0.2) is 0 Å². The molecule has 1 aliphatic rings. The zero-order valence-corrected chi connectivity index (χ0v) is 17.0. The first-order valence-electron chi connectivity index (χ1n) is 9.34. The smallest absolute Gasteiger partial charge is 0.225 e. The molecule has 0 aliphatic carbocycles. The van der Waals surface area contributed by atoms with E-state index in [1.54, 1.807) is 27.4 Å². The molecule has 0 fully saturated rings. The number of para-hydroxylation sites is 1. The molecule has 0 radical (unpaired) electrons. The van der Waals surface area contributed by atoms with Crippen LogP contribution in [0, 0.1) is 5.92 Å². The highest BCUT2D eigenvalue weighted by atomic mass is 16.5. The van der Waals surface area contributed by atoms with Gasteiger partial charge in [0.2, 0.25) is 11.7 Å². The molecule has 6 heteroatoms. The Morgan fingerprint density at radius 3 is 2.39 bits per heavy atom. The lowest BCUT2D eigenvalue weighted by molar-refractivity contribution is -0.116. The monoisotopic (exact) mass is 385 g/mol. The van der Waals surface area contributed by atoms with Gasteiger partial charge in [0.05, 0.1) is 33.6 Å². The second kappa shape index (κ2) is 8.42. The van der Waals surface area contributed by atoms with Gasteiger partial charge in [-0.3, -0.25) is 4.79 Å². The molecule has 1 amide bonds. The second-order valence-corrected chi connectivity index (χ2v) is 7.15. The molecule has 3 rings (SSSR count). The summed E-state index contributed by atoms with van der Waals surface area (Å²) in [7, 11) is 4.72. The number of anilines is 1. The van der Waals surface area contributed by atoms with Crippen molar-refractivity contribution in [1.29, 1.82) is 0 Å². The number of carbonyl (C=O) groups excluding carboxylic acids is 1. The first-order chi connectivity index (χ1) is 13.5. The number of rotatable bonds is 7. The van der Waals surface area contributed by atoms with E-state index in [9.17, 15) is 4.79 Å². The lowest BCUT2D eigenvalue weighted by Gasteiger charge is -2.30. The summed E-state index contributed by atoms with van der Waals surface area (Å²) in [5.41, 5.74) is 2.47. The highest BCUT2D eigenvalue weighted by molar-refractivity contribution is 5.97. The highest BCUT2D eigenvalue weighted by Crippen LogP contribution is 2.52. The number of nitrogens with one attached hydrogen (secondary N) is 1. The maximum absolute atomic E-state index is 12.5. The van der Waals surface area contributed by atoms with Gasteiger partial charge in [0.25, 0.3) is 0 Å². The van der Waals surface area contributed by atoms with Crippen molar-refractivity contribution in [3.05, 3.63) is 41.5 Å². The molecule has 2 aromatic carbocycles. The lowest BCUT2D eigenvalue weighted by atomic mass is 9.83. The van der Waals surface area contributed by atoms with Crippen molar-refractivity contribution in [2.45, 2.75) is 26.2 Å². The molecule has 0 saturated heterocycles. The van der Waals surface area contributed by atoms with Gasteiger partial charge in [0, 0.05) is 29.5 Å². The largest absolute Gasteiger partial charge is 0.493 e. The summed E-state index contributed by atoms with van der Waals surface area (Å²) in [6.07, 6.45) is 0.293. The van der Waals surface area contributed by atoms with Gasteiger partial charge < -0.3 is 24.3 Å². The molecule has 0 unspecified atom stereocenters. The number of hydrogen-bond acceptors (Lipinski definition) is 5. The number of methoxy groups -OCH3 is 3. The van der Waals surface area contributed by atoms with Crippen LogP contribution in [-0.4, -0.2) is 33.8 Å². The minimum Gasteiger partial charge on any atom is -0.493 e. The van der Waals surface area contributed by atoms with E-state index in [0.717, 1.165) is 16.9 Å². The van der Waals surface area contributed by atoms with Crippen molar-refractivity contribution >= 4 is 11.6 Å². The summed E-state index contributed by atoms with van der Waals surface area (Å²) >= 11 is 0. The van der Waals surface area contributed by atoms with E-state index in [4.69, 9.17) is 18.9 Å². The maximum Gasteiger partial charge on any atom is 0.225 e. The van der Waals surface area contributed by atoms with Crippen molar-refractivity contribution in [2.75, 3.05) is 33.3 Å². The number of ether oxygens (including phenoxy) is 4. The summed E-state index contributed by atoms with van der Waals surface area (Å²) < 4.78 is 22.7. The van der Waals surface area contributed by atoms with Crippen LogP contribution in [0.3, 0.4) is 0 Å². The minimum absolute atomic E-state index is 0.0644. The number of amides is 1. The third-order valence-corrected chi connectivity index (χ3v) is 4.75. The standard InChI is InChI=1S/C22H27NO5/c1-13(2)12-28-17-9-7-6-8-14(17)15-10-19(24)23-16-11-18(25-3)21(26-4)22(27-5)20(15)16/h6-9,11,13,15H,10,12H2,1-5H3,(H,23,24)/t15-/m0/s1. The maximum atomic E-state index is 12.5. The molecule has 0 spiro atoms. The Morgan fingerprint density at radius 1 is 1.04 bits per heavy atom. The van der Waals surface area contributed by atoms with Crippen LogP contribution in [0.4, 0.5) is 5.69 Å². The summed E-state index contributed by atoms with van der Waals surface area (Å²) in [6, 6.07) is 9.61. The van der Waals surface area contributed by atoms with E-state index in [1.807, 2.05) is 24.3 Å². The van der Waals surface area contributed by atoms with Crippen LogP contribution < -0.4 is 24.3 Å². The van der Waals surface area contributed by atoms with Gasteiger partial charge in [-0.1, -0.05) is 32.0 Å². The molecule has 1 heterocycles. The van der Waals surface area contributed by atoms with E-state index < -0.39 is 0 Å². The fourth-order valence-corrected chi connectivity index (χ4v) is 3.54. The van der Waals surface area contributed by atoms with Crippen LogP contribution in [0.25, 0.3) is 0 Å². The molecule has 1 aliphatic heterocycles. The van der Waals surface area contributed by atoms with Crippen molar-refractivity contribution in [3.63, 3.8) is 0 Å². The van der Waals surface area contributed by atoms with Crippen LogP contribution in [-0.2, 0) is 4.79 Å². The Balaban J connectivity index is 2.17. The SMILES string of the molecule is COc1cc2c(c(OC)c1OC)[C@H](c1ccccc1OCC(C)C)CC(=O)N2. The number of benzene rings is 2. The van der Waals surface area contributed by atoms with Crippen LogP contribution in [0.2, 0.25) is 0 Å². The Kier molecular flexibility index (Phi) is 5.97. The minimum atomic E-state index is -0.220. The zero-order chi connectivity index (χ0) is 20.3. The van der Waals surface area contributed by atoms with E-state index in [1.165, 1.54) is 0 Å². The summed E-state index contributed by atoms with van der Waals surface area (Å²) in [5, 5.41) is 2.93. The third-order valence-electron chi connectivity index (χ3n) is 4.75. The average Bonchev–Trinajstić information content (AvgIpc) is 2.70. The fraction of sp³-hybridized carbons (Fsp3) is 0.409. The topological polar surface area (TPSA) is 66.0 Å². The third kappa shape index (κ3) is 3.72. The van der Waals surface area contributed by atoms with Crippen LogP contribution >= 0.6 is 0 Å². The first-order valence-corrected chi connectivity index (χ1v) is 9.34. The summed E-state index contributed by atoms with van der Waals surface area (Å²) in [5.74, 6) is 2.45. The number of carbonyl (C=O) groups is 1. The predicted octanol–water partition coefficient (Wildman–Crippen LogP) is 4.22. The van der Waals surface area contributed by atoms with E-state index in [0.29, 0.717) is 41.9 Å².